The normalized spacial score (nSPS) is 19.4. The molecule has 2 aliphatic rings. The van der Waals surface area contributed by atoms with E-state index in [1.165, 1.54) is 5.56 Å². The lowest BCUT2D eigenvalue weighted by Gasteiger charge is -2.23. The molecular formula is C31H47N3O7. The molecule has 0 aliphatic carbocycles. The number of amides is 3. The van der Waals surface area contributed by atoms with Crippen molar-refractivity contribution in [3.63, 3.8) is 0 Å². The summed E-state index contributed by atoms with van der Waals surface area (Å²) in [5.74, 6) is -0.591. The van der Waals surface area contributed by atoms with Crippen LogP contribution in [0.4, 0.5) is 0 Å². The summed E-state index contributed by atoms with van der Waals surface area (Å²) in [5, 5.41) is 7.92. The molecule has 2 fully saturated rings. The van der Waals surface area contributed by atoms with Gasteiger partial charge in [0, 0.05) is 23.4 Å². The Morgan fingerprint density at radius 2 is 1.66 bits per heavy atom. The molecule has 10 nitrogen and oxygen atoms in total. The highest BCUT2D eigenvalue weighted by Gasteiger charge is 2.50. The van der Waals surface area contributed by atoms with Crippen LogP contribution in [-0.2, 0) is 35.1 Å². The van der Waals surface area contributed by atoms with Gasteiger partial charge in [0.25, 0.3) is 0 Å². The molecule has 2 aromatic carbocycles. The van der Waals surface area contributed by atoms with Gasteiger partial charge in [-0.25, -0.2) is 0 Å². The first-order chi connectivity index (χ1) is 19.6. The highest BCUT2D eigenvalue weighted by atomic mass is 16.6. The van der Waals surface area contributed by atoms with E-state index in [1.54, 1.807) is 21.0 Å². The second-order valence-corrected chi connectivity index (χ2v) is 10.5. The first-order valence-corrected chi connectivity index (χ1v) is 13.9. The van der Waals surface area contributed by atoms with Crippen molar-refractivity contribution in [3.8, 4) is 5.75 Å². The quantitative estimate of drug-likeness (QED) is 0.352. The maximum absolute atomic E-state index is 12.8. The monoisotopic (exact) mass is 573 g/mol. The molecule has 0 unspecified atom stereocenters. The van der Waals surface area contributed by atoms with E-state index in [9.17, 15) is 19.2 Å². The van der Waals surface area contributed by atoms with E-state index in [2.05, 4.69) is 22.9 Å². The fourth-order valence-electron chi connectivity index (χ4n) is 4.27. The van der Waals surface area contributed by atoms with Crippen molar-refractivity contribution in [2.75, 3.05) is 33.5 Å². The number of hydrogen-bond donors (Lipinski definition) is 3. The van der Waals surface area contributed by atoms with Crippen LogP contribution in [0, 0.1) is 12.8 Å². The number of benzene rings is 2. The summed E-state index contributed by atoms with van der Waals surface area (Å²) in [5.41, 5.74) is 1.29. The number of rotatable bonds is 11. The molecule has 3 amide bonds. The third kappa shape index (κ3) is 10.3. The molecular weight excluding hydrogens is 526 g/mol. The molecule has 0 aromatic heterocycles. The minimum absolute atomic E-state index is 0. The van der Waals surface area contributed by atoms with Crippen LogP contribution in [0.15, 0.2) is 54.6 Å². The van der Waals surface area contributed by atoms with Gasteiger partial charge in [-0.05, 0) is 57.7 Å². The molecule has 2 aromatic rings. The van der Waals surface area contributed by atoms with Gasteiger partial charge >= 0.3 is 0 Å². The largest absolute Gasteiger partial charge is 0.497 e. The van der Waals surface area contributed by atoms with Gasteiger partial charge in [0.05, 0.1) is 26.3 Å². The molecule has 2 saturated heterocycles. The Hall–Kier alpha value is -3.76. The Balaban J connectivity index is 0.00000133. The number of ketones is 1. The highest BCUT2D eigenvalue weighted by Crippen LogP contribution is 2.29. The fourth-order valence-corrected chi connectivity index (χ4v) is 4.27. The lowest BCUT2D eigenvalue weighted by Crippen LogP contribution is -2.52. The van der Waals surface area contributed by atoms with Gasteiger partial charge in [-0.3, -0.25) is 19.2 Å². The van der Waals surface area contributed by atoms with Crippen LogP contribution in [0.25, 0.3) is 0 Å². The van der Waals surface area contributed by atoms with E-state index in [0.29, 0.717) is 39.1 Å². The molecule has 2 aliphatic heterocycles. The summed E-state index contributed by atoms with van der Waals surface area (Å²) in [6, 6.07) is 15.8. The van der Waals surface area contributed by atoms with Gasteiger partial charge in [-0.1, -0.05) is 48.0 Å². The standard InChI is InChI=1S/C23H31N3O6.C8H10O.3H2/c1-15(25-22(30)17-8-10-31-11-9-17)21(29)24-13-19(27)26-18(20(28)23(2)14-32-23)12-16-6-4-3-5-7-16;1-7-3-5-8(9-2)6-4-7;;;/h3-7,15,17-18H,8-14H2,1-2H3,(H,24,29)(H,25,30)(H,26,27);3-6H,1-2H3;3*1H/t15-,18+,23-;;;;/m1..../s1. The molecule has 0 saturated carbocycles. The molecule has 41 heavy (non-hydrogen) atoms. The van der Waals surface area contributed by atoms with E-state index < -0.39 is 29.5 Å². The van der Waals surface area contributed by atoms with Crippen LogP contribution in [0.3, 0.4) is 0 Å². The molecule has 0 bridgehead atoms. The molecule has 0 spiro atoms. The minimum Gasteiger partial charge on any atom is -0.497 e. The molecule has 3 atom stereocenters. The number of hydrogen-bond acceptors (Lipinski definition) is 7. The number of Topliss-reactive ketones (excluding diaryl/α,β-unsaturated/α-hetero) is 1. The van der Waals surface area contributed by atoms with Crippen LogP contribution in [0.5, 0.6) is 5.75 Å². The third-order valence-corrected chi connectivity index (χ3v) is 7.06. The van der Waals surface area contributed by atoms with Crippen molar-refractivity contribution in [1.29, 1.82) is 0 Å². The van der Waals surface area contributed by atoms with Crippen molar-refractivity contribution >= 4 is 23.5 Å². The first-order valence-electron chi connectivity index (χ1n) is 13.9. The molecule has 0 radical (unpaired) electrons. The van der Waals surface area contributed by atoms with Crippen LogP contribution >= 0.6 is 0 Å². The second kappa shape index (κ2) is 15.3. The molecule has 4 rings (SSSR count). The Labute approximate surface area is 246 Å². The summed E-state index contributed by atoms with van der Waals surface area (Å²) in [6.07, 6.45) is 1.58. The van der Waals surface area contributed by atoms with Crippen molar-refractivity contribution in [2.45, 2.75) is 57.7 Å². The topological polar surface area (TPSA) is 135 Å². The van der Waals surface area contributed by atoms with Gasteiger partial charge in [0.15, 0.2) is 5.78 Å². The molecule has 10 heteroatoms. The zero-order valence-corrected chi connectivity index (χ0v) is 24.2. The summed E-state index contributed by atoms with van der Waals surface area (Å²) < 4.78 is 15.5. The number of aryl methyl sites for hydroxylation is 1. The van der Waals surface area contributed by atoms with E-state index >= 15 is 0 Å². The number of epoxide rings is 1. The third-order valence-electron chi connectivity index (χ3n) is 7.06. The predicted molar refractivity (Wildman–Crippen MR) is 160 cm³/mol. The number of carbonyl (C=O) groups is 4. The molecule has 228 valence electrons. The summed E-state index contributed by atoms with van der Waals surface area (Å²) in [6.45, 7) is 6.42. The minimum atomic E-state index is -0.876. The van der Waals surface area contributed by atoms with Gasteiger partial charge in [0.1, 0.15) is 17.4 Å². The van der Waals surface area contributed by atoms with Gasteiger partial charge in [-0.2, -0.15) is 0 Å². The van der Waals surface area contributed by atoms with Crippen molar-refractivity contribution in [3.05, 3.63) is 65.7 Å². The lowest BCUT2D eigenvalue weighted by molar-refractivity contribution is -0.133. The van der Waals surface area contributed by atoms with E-state index in [4.69, 9.17) is 14.2 Å². The van der Waals surface area contributed by atoms with Crippen molar-refractivity contribution in [1.82, 2.24) is 16.0 Å². The van der Waals surface area contributed by atoms with Crippen LogP contribution < -0.4 is 20.7 Å². The SMILES string of the molecule is COc1ccc(C)cc1.C[C@@H](NC(=O)C1CCOCC1)C(=O)NCC(=O)N[C@@H](Cc1ccccc1)C(=O)[C@@]1(C)CO1.[HH].[HH].[HH]. The predicted octanol–water partition coefficient (Wildman–Crippen LogP) is 2.86. The van der Waals surface area contributed by atoms with Gasteiger partial charge < -0.3 is 30.2 Å². The smallest absolute Gasteiger partial charge is 0.242 e. The van der Waals surface area contributed by atoms with Crippen LogP contribution in [0.1, 0.15) is 42.1 Å². The Morgan fingerprint density at radius 1 is 1.02 bits per heavy atom. The van der Waals surface area contributed by atoms with E-state index in [-0.39, 0.29) is 28.4 Å². The number of carbonyl (C=O) groups excluding carboxylic acids is 4. The maximum atomic E-state index is 12.8. The van der Waals surface area contributed by atoms with Crippen molar-refractivity contribution in [2.24, 2.45) is 5.92 Å². The zero-order chi connectivity index (χ0) is 29.8. The zero-order valence-electron chi connectivity index (χ0n) is 24.2. The lowest BCUT2D eigenvalue weighted by atomic mass is 9.95. The second-order valence-electron chi connectivity index (χ2n) is 10.5. The summed E-state index contributed by atoms with van der Waals surface area (Å²) >= 11 is 0. The van der Waals surface area contributed by atoms with Crippen LogP contribution in [-0.4, -0.2) is 74.7 Å². The van der Waals surface area contributed by atoms with Crippen molar-refractivity contribution < 1.29 is 37.7 Å². The maximum Gasteiger partial charge on any atom is 0.242 e. The average molecular weight is 574 g/mol. The number of methoxy groups -OCH3 is 1. The van der Waals surface area contributed by atoms with E-state index in [0.717, 1.165) is 11.3 Å². The molecule has 2 heterocycles. The average Bonchev–Trinajstić information content (AvgIpc) is 3.75. The highest BCUT2D eigenvalue weighted by molar-refractivity contribution is 5.97. The summed E-state index contributed by atoms with van der Waals surface area (Å²) in [4.78, 5) is 49.9. The Bertz CT molecular complexity index is 1180. The number of ether oxygens (including phenoxy) is 3. The van der Waals surface area contributed by atoms with Gasteiger partial charge in [0.2, 0.25) is 17.7 Å². The Kier molecular flexibility index (Phi) is 11.9. The van der Waals surface area contributed by atoms with Gasteiger partial charge in [-0.15, -0.1) is 0 Å². The first kappa shape index (κ1) is 31.8. The summed E-state index contributed by atoms with van der Waals surface area (Å²) in [7, 11) is 1.67. The number of nitrogens with one attached hydrogen (secondary N) is 3. The van der Waals surface area contributed by atoms with E-state index in [1.807, 2.05) is 54.6 Å². The Morgan fingerprint density at radius 3 is 2.24 bits per heavy atom. The fraction of sp³-hybridized carbons (Fsp3) is 0.484. The molecule has 3 N–H and O–H groups in total. The van der Waals surface area contributed by atoms with Crippen LogP contribution in [0.2, 0.25) is 0 Å².